The van der Waals surface area contributed by atoms with Crippen LogP contribution >= 0.6 is 0 Å². The Kier molecular flexibility index (Phi) is 6.13. The SMILES string of the molecule is CC(=O)c1cc(F)ccc1OCC1CN(C(=O)C=Cc2c[nH]c3ccccc23)CCO1. The second-order valence-electron chi connectivity index (χ2n) is 7.41. The number of ether oxygens (including phenoxy) is 2. The summed E-state index contributed by atoms with van der Waals surface area (Å²) in [5.41, 5.74) is 2.15. The van der Waals surface area contributed by atoms with Gasteiger partial charge in [-0.25, -0.2) is 4.39 Å². The smallest absolute Gasteiger partial charge is 0.246 e. The van der Waals surface area contributed by atoms with E-state index >= 15 is 0 Å². The van der Waals surface area contributed by atoms with E-state index in [0.29, 0.717) is 25.4 Å². The normalized spacial score (nSPS) is 16.7. The van der Waals surface area contributed by atoms with Crippen molar-refractivity contribution in [3.05, 3.63) is 71.7 Å². The van der Waals surface area contributed by atoms with Crippen LogP contribution in [0.2, 0.25) is 0 Å². The van der Waals surface area contributed by atoms with Crippen LogP contribution in [0.25, 0.3) is 17.0 Å². The number of aromatic amines is 1. The highest BCUT2D eigenvalue weighted by atomic mass is 19.1. The average Bonchev–Trinajstić information content (AvgIpc) is 3.20. The summed E-state index contributed by atoms with van der Waals surface area (Å²) in [4.78, 5) is 29.3. The molecule has 1 atom stereocenters. The summed E-state index contributed by atoms with van der Waals surface area (Å²) in [5, 5.41) is 1.06. The number of hydrogen-bond donors (Lipinski definition) is 1. The summed E-state index contributed by atoms with van der Waals surface area (Å²) >= 11 is 0. The van der Waals surface area contributed by atoms with Crippen molar-refractivity contribution in [1.82, 2.24) is 9.88 Å². The summed E-state index contributed by atoms with van der Waals surface area (Å²) < 4.78 is 24.8. The number of morpholine rings is 1. The van der Waals surface area contributed by atoms with E-state index < -0.39 is 5.82 Å². The predicted octanol–water partition coefficient (Wildman–Crippen LogP) is 3.83. The summed E-state index contributed by atoms with van der Waals surface area (Å²) in [6.07, 6.45) is 4.90. The van der Waals surface area contributed by atoms with Crippen LogP contribution in [-0.4, -0.2) is 54.0 Å². The van der Waals surface area contributed by atoms with Crippen molar-refractivity contribution in [2.24, 2.45) is 0 Å². The molecule has 0 bridgehead atoms. The number of benzene rings is 2. The van der Waals surface area contributed by atoms with E-state index in [-0.39, 0.29) is 30.0 Å². The molecule has 1 saturated heterocycles. The number of nitrogens with one attached hydrogen (secondary N) is 1. The molecular formula is C24H23FN2O4. The van der Waals surface area contributed by atoms with Crippen LogP contribution < -0.4 is 4.74 Å². The minimum atomic E-state index is -0.495. The highest BCUT2D eigenvalue weighted by Crippen LogP contribution is 2.22. The van der Waals surface area contributed by atoms with Gasteiger partial charge in [0.15, 0.2) is 5.78 Å². The minimum Gasteiger partial charge on any atom is -0.490 e. The van der Waals surface area contributed by atoms with E-state index in [1.807, 2.05) is 30.5 Å². The molecule has 6 nitrogen and oxygen atoms in total. The zero-order valence-corrected chi connectivity index (χ0v) is 17.1. The van der Waals surface area contributed by atoms with Crippen LogP contribution in [0.4, 0.5) is 4.39 Å². The second-order valence-corrected chi connectivity index (χ2v) is 7.41. The number of rotatable bonds is 6. The molecule has 1 N–H and O–H groups in total. The zero-order chi connectivity index (χ0) is 21.8. The fraction of sp³-hybridized carbons (Fsp3) is 0.250. The third-order valence-electron chi connectivity index (χ3n) is 5.22. The second kappa shape index (κ2) is 9.14. The molecule has 160 valence electrons. The number of halogens is 1. The number of fused-ring (bicyclic) bond motifs is 1. The first-order valence-electron chi connectivity index (χ1n) is 10.1. The summed E-state index contributed by atoms with van der Waals surface area (Å²) in [6.45, 7) is 2.77. The minimum absolute atomic E-state index is 0.107. The highest BCUT2D eigenvalue weighted by molar-refractivity contribution is 5.97. The topological polar surface area (TPSA) is 71.6 Å². The Morgan fingerprint density at radius 1 is 1.29 bits per heavy atom. The van der Waals surface area contributed by atoms with E-state index in [9.17, 15) is 14.0 Å². The van der Waals surface area contributed by atoms with Crippen molar-refractivity contribution in [1.29, 1.82) is 0 Å². The molecule has 3 aromatic rings. The summed E-state index contributed by atoms with van der Waals surface area (Å²) in [5.74, 6) is -0.575. The van der Waals surface area contributed by atoms with Gasteiger partial charge in [0.1, 0.15) is 24.3 Å². The number of amides is 1. The quantitative estimate of drug-likeness (QED) is 0.484. The summed E-state index contributed by atoms with van der Waals surface area (Å²) in [6, 6.07) is 11.7. The third-order valence-corrected chi connectivity index (χ3v) is 5.22. The lowest BCUT2D eigenvalue weighted by atomic mass is 10.1. The van der Waals surface area contributed by atoms with Crippen LogP contribution in [-0.2, 0) is 9.53 Å². The molecule has 2 aromatic carbocycles. The average molecular weight is 422 g/mol. The standard InChI is InChI=1S/C24H23FN2O4/c1-16(28)21-12-18(25)7-8-23(21)31-15-19-14-27(10-11-30-19)24(29)9-6-17-13-26-22-5-3-2-4-20(17)22/h2-9,12-13,19,26H,10-11,14-15H2,1H3. The Morgan fingerprint density at radius 2 is 2.13 bits per heavy atom. The van der Waals surface area contributed by atoms with E-state index in [2.05, 4.69) is 4.98 Å². The maximum Gasteiger partial charge on any atom is 0.246 e. The van der Waals surface area contributed by atoms with Gasteiger partial charge in [-0.2, -0.15) is 0 Å². The molecule has 31 heavy (non-hydrogen) atoms. The Labute approximate surface area is 179 Å². The molecule has 1 fully saturated rings. The first-order valence-corrected chi connectivity index (χ1v) is 10.1. The molecule has 1 aromatic heterocycles. The molecule has 0 spiro atoms. The Balaban J connectivity index is 1.37. The molecule has 0 aliphatic carbocycles. The number of hydrogen-bond acceptors (Lipinski definition) is 4. The largest absolute Gasteiger partial charge is 0.490 e. The Morgan fingerprint density at radius 3 is 2.97 bits per heavy atom. The molecule has 7 heteroatoms. The molecule has 1 unspecified atom stereocenters. The van der Waals surface area contributed by atoms with Crippen LogP contribution in [0.5, 0.6) is 5.75 Å². The number of H-pyrrole nitrogens is 1. The molecule has 0 saturated carbocycles. The van der Waals surface area contributed by atoms with Gasteiger partial charge in [0, 0.05) is 29.7 Å². The fourth-order valence-corrected chi connectivity index (χ4v) is 3.60. The van der Waals surface area contributed by atoms with Gasteiger partial charge in [-0.3, -0.25) is 9.59 Å². The van der Waals surface area contributed by atoms with Gasteiger partial charge >= 0.3 is 0 Å². The van der Waals surface area contributed by atoms with E-state index in [0.717, 1.165) is 22.5 Å². The summed E-state index contributed by atoms with van der Waals surface area (Å²) in [7, 11) is 0. The number of para-hydroxylation sites is 1. The maximum atomic E-state index is 13.4. The molecule has 0 radical (unpaired) electrons. The Bertz CT molecular complexity index is 1140. The molecule has 1 aliphatic rings. The number of aromatic nitrogens is 1. The van der Waals surface area contributed by atoms with Gasteiger partial charge < -0.3 is 19.4 Å². The molecule has 1 amide bonds. The first-order chi connectivity index (χ1) is 15.0. The van der Waals surface area contributed by atoms with Gasteiger partial charge in [-0.1, -0.05) is 18.2 Å². The fourth-order valence-electron chi connectivity index (χ4n) is 3.60. The van der Waals surface area contributed by atoms with E-state index in [4.69, 9.17) is 9.47 Å². The lowest BCUT2D eigenvalue weighted by Crippen LogP contribution is -2.47. The van der Waals surface area contributed by atoms with E-state index in [1.165, 1.54) is 19.1 Å². The van der Waals surface area contributed by atoms with Crippen LogP contribution in [0.3, 0.4) is 0 Å². The van der Waals surface area contributed by atoms with Gasteiger partial charge in [0.25, 0.3) is 0 Å². The third kappa shape index (κ3) is 4.83. The van der Waals surface area contributed by atoms with Crippen LogP contribution in [0.15, 0.2) is 54.7 Å². The highest BCUT2D eigenvalue weighted by Gasteiger charge is 2.24. The lowest BCUT2D eigenvalue weighted by Gasteiger charge is -2.32. The van der Waals surface area contributed by atoms with Crippen molar-refractivity contribution < 1.29 is 23.5 Å². The van der Waals surface area contributed by atoms with Crippen molar-refractivity contribution in [3.63, 3.8) is 0 Å². The van der Waals surface area contributed by atoms with E-state index in [1.54, 1.807) is 17.1 Å². The van der Waals surface area contributed by atoms with Crippen molar-refractivity contribution in [2.75, 3.05) is 26.3 Å². The molecule has 1 aliphatic heterocycles. The molecular weight excluding hydrogens is 399 g/mol. The zero-order valence-electron chi connectivity index (χ0n) is 17.1. The number of carbonyl (C=O) groups excluding carboxylic acids is 2. The van der Waals surface area contributed by atoms with Crippen LogP contribution in [0.1, 0.15) is 22.8 Å². The first kappa shape index (κ1) is 20.8. The van der Waals surface area contributed by atoms with Gasteiger partial charge in [0.2, 0.25) is 5.91 Å². The van der Waals surface area contributed by atoms with Crippen LogP contribution in [0, 0.1) is 5.82 Å². The monoisotopic (exact) mass is 422 g/mol. The maximum absolute atomic E-state index is 13.4. The Hall–Kier alpha value is -3.45. The lowest BCUT2D eigenvalue weighted by molar-refractivity contribution is -0.134. The molecule has 2 heterocycles. The van der Waals surface area contributed by atoms with Gasteiger partial charge in [0.05, 0.1) is 18.7 Å². The van der Waals surface area contributed by atoms with Gasteiger partial charge in [-0.15, -0.1) is 0 Å². The van der Waals surface area contributed by atoms with Crippen molar-refractivity contribution >= 4 is 28.7 Å². The van der Waals surface area contributed by atoms with Gasteiger partial charge in [-0.05, 0) is 42.8 Å². The number of Topliss-reactive ketones (excluding diaryl/α,β-unsaturated/α-hetero) is 1. The predicted molar refractivity (Wildman–Crippen MR) is 116 cm³/mol. The number of ketones is 1. The number of carbonyl (C=O) groups is 2. The van der Waals surface area contributed by atoms with Crippen molar-refractivity contribution in [2.45, 2.75) is 13.0 Å². The number of nitrogens with zero attached hydrogens (tertiary/aromatic N) is 1. The molecule has 4 rings (SSSR count). The van der Waals surface area contributed by atoms with Crippen molar-refractivity contribution in [3.8, 4) is 5.75 Å².